The summed E-state index contributed by atoms with van der Waals surface area (Å²) >= 11 is 0. The summed E-state index contributed by atoms with van der Waals surface area (Å²) in [4.78, 5) is 4.50. The number of hydrogen-bond donors (Lipinski definition) is 1. The topological polar surface area (TPSA) is 34.1 Å². The molecule has 0 aromatic carbocycles. The Morgan fingerprint density at radius 2 is 2.06 bits per heavy atom. The van der Waals surface area contributed by atoms with Crippen molar-refractivity contribution in [1.29, 1.82) is 0 Å². The van der Waals surface area contributed by atoms with E-state index >= 15 is 0 Å². The first-order valence-electron chi connectivity index (χ1n) is 6.31. The largest absolute Gasteiger partial charge is 0.497 e. The van der Waals surface area contributed by atoms with Crippen molar-refractivity contribution in [2.45, 2.75) is 46.7 Å². The Morgan fingerprint density at radius 3 is 2.59 bits per heavy atom. The maximum absolute atomic E-state index is 5.25. The lowest BCUT2D eigenvalue weighted by atomic mass is 10.0. The first kappa shape index (κ1) is 14.0. The molecular formula is C14H24N2O. The zero-order chi connectivity index (χ0) is 12.8. The summed E-state index contributed by atoms with van der Waals surface area (Å²) in [7, 11) is 1.69. The van der Waals surface area contributed by atoms with Gasteiger partial charge in [0.05, 0.1) is 12.8 Å². The molecule has 0 aliphatic carbocycles. The molecule has 0 aliphatic rings. The van der Waals surface area contributed by atoms with Crippen LogP contribution in [0.3, 0.4) is 0 Å². The van der Waals surface area contributed by atoms with E-state index in [0.717, 1.165) is 30.1 Å². The number of rotatable bonds is 6. The molecule has 1 unspecified atom stereocenters. The molecule has 0 amide bonds. The van der Waals surface area contributed by atoms with E-state index in [1.54, 1.807) is 7.11 Å². The third-order valence-electron chi connectivity index (χ3n) is 3.01. The Kier molecular flexibility index (Phi) is 5.42. The Labute approximate surface area is 105 Å². The molecule has 96 valence electrons. The zero-order valence-corrected chi connectivity index (χ0v) is 11.6. The van der Waals surface area contributed by atoms with Crippen molar-refractivity contribution in [3.63, 3.8) is 0 Å². The minimum Gasteiger partial charge on any atom is -0.497 e. The van der Waals surface area contributed by atoms with Gasteiger partial charge in [0, 0.05) is 30.4 Å². The maximum Gasteiger partial charge on any atom is 0.122 e. The number of hydrogen-bond acceptors (Lipinski definition) is 3. The fourth-order valence-corrected chi connectivity index (χ4v) is 2.00. The summed E-state index contributed by atoms with van der Waals surface area (Å²) in [5.74, 6) is 1.53. The minimum absolute atomic E-state index is 0.545. The maximum atomic E-state index is 5.25. The average Bonchev–Trinajstić information content (AvgIpc) is 2.28. The normalized spacial score (nSPS) is 12.8. The molecule has 3 heteroatoms. The highest BCUT2D eigenvalue weighted by atomic mass is 16.5. The Hall–Kier alpha value is -1.09. The Balaban J connectivity index is 2.65. The van der Waals surface area contributed by atoms with Crippen molar-refractivity contribution in [3.05, 3.63) is 23.5 Å². The van der Waals surface area contributed by atoms with Gasteiger partial charge in [-0.2, -0.15) is 0 Å². The van der Waals surface area contributed by atoms with E-state index in [2.05, 4.69) is 31.1 Å². The van der Waals surface area contributed by atoms with Crippen LogP contribution in [0.4, 0.5) is 0 Å². The molecule has 0 aliphatic heterocycles. The third-order valence-corrected chi connectivity index (χ3v) is 3.01. The Bertz CT molecular complexity index is 350. The van der Waals surface area contributed by atoms with E-state index < -0.39 is 0 Å². The second kappa shape index (κ2) is 6.60. The summed E-state index contributed by atoms with van der Waals surface area (Å²) in [6.45, 7) is 9.49. The number of pyridine rings is 1. The van der Waals surface area contributed by atoms with Gasteiger partial charge >= 0.3 is 0 Å². The van der Waals surface area contributed by atoms with Crippen LogP contribution >= 0.6 is 0 Å². The van der Waals surface area contributed by atoms with Crippen molar-refractivity contribution < 1.29 is 4.74 Å². The summed E-state index contributed by atoms with van der Waals surface area (Å²) in [5, 5.41) is 3.55. The molecule has 1 heterocycles. The van der Waals surface area contributed by atoms with E-state index in [-0.39, 0.29) is 0 Å². The van der Waals surface area contributed by atoms with Crippen molar-refractivity contribution in [2.24, 2.45) is 5.92 Å². The van der Waals surface area contributed by atoms with E-state index in [1.165, 1.54) is 0 Å². The lowest BCUT2D eigenvalue weighted by molar-refractivity contribution is 0.383. The van der Waals surface area contributed by atoms with E-state index in [0.29, 0.717) is 12.0 Å². The van der Waals surface area contributed by atoms with Gasteiger partial charge in [-0.05, 0) is 19.3 Å². The number of nitrogens with one attached hydrogen (secondary N) is 1. The molecule has 1 N–H and O–H groups in total. The quantitative estimate of drug-likeness (QED) is 0.824. The molecule has 0 saturated carbocycles. The van der Waals surface area contributed by atoms with Crippen molar-refractivity contribution >= 4 is 0 Å². The summed E-state index contributed by atoms with van der Waals surface area (Å²) in [6.07, 6.45) is 1.14. The zero-order valence-electron chi connectivity index (χ0n) is 11.6. The van der Waals surface area contributed by atoms with Gasteiger partial charge in [0.15, 0.2) is 0 Å². The van der Waals surface area contributed by atoms with Gasteiger partial charge in [-0.25, -0.2) is 0 Å². The smallest absolute Gasteiger partial charge is 0.122 e. The molecule has 1 aromatic rings. The highest BCUT2D eigenvalue weighted by Gasteiger charge is 2.10. The molecular weight excluding hydrogens is 212 g/mol. The first-order chi connectivity index (χ1) is 8.06. The van der Waals surface area contributed by atoms with Crippen LogP contribution in [-0.2, 0) is 6.54 Å². The molecule has 0 fully saturated rings. The standard InChI is InChI=1S/C14H24N2O/c1-6-14(10(2)3)15-9-12-8-13(17-5)7-11(4)16-12/h7-8,10,14-15H,6,9H2,1-5H3. The predicted octanol–water partition coefficient (Wildman–Crippen LogP) is 2.92. The summed E-state index contributed by atoms with van der Waals surface area (Å²) < 4.78 is 5.25. The van der Waals surface area contributed by atoms with Crippen LogP contribution in [0, 0.1) is 12.8 Å². The summed E-state index contributed by atoms with van der Waals surface area (Å²) in [6, 6.07) is 4.49. The van der Waals surface area contributed by atoms with Crippen molar-refractivity contribution in [2.75, 3.05) is 7.11 Å². The number of aryl methyl sites for hydroxylation is 1. The fourth-order valence-electron chi connectivity index (χ4n) is 2.00. The van der Waals surface area contributed by atoms with Gasteiger partial charge in [-0.3, -0.25) is 4.98 Å². The van der Waals surface area contributed by atoms with E-state index in [9.17, 15) is 0 Å². The molecule has 0 saturated heterocycles. The highest BCUT2D eigenvalue weighted by Crippen LogP contribution is 2.14. The van der Waals surface area contributed by atoms with Gasteiger partial charge in [-0.1, -0.05) is 20.8 Å². The lowest BCUT2D eigenvalue weighted by Gasteiger charge is -2.20. The number of ether oxygens (including phenoxy) is 1. The molecule has 3 nitrogen and oxygen atoms in total. The molecule has 17 heavy (non-hydrogen) atoms. The van der Waals surface area contributed by atoms with Crippen molar-refractivity contribution in [3.8, 4) is 5.75 Å². The van der Waals surface area contributed by atoms with Gasteiger partial charge in [0.1, 0.15) is 5.75 Å². The van der Waals surface area contributed by atoms with E-state index in [1.807, 2.05) is 19.1 Å². The lowest BCUT2D eigenvalue weighted by Crippen LogP contribution is -2.32. The van der Waals surface area contributed by atoms with Gasteiger partial charge in [0.25, 0.3) is 0 Å². The van der Waals surface area contributed by atoms with Crippen LogP contribution in [-0.4, -0.2) is 18.1 Å². The number of methoxy groups -OCH3 is 1. The Morgan fingerprint density at radius 1 is 1.35 bits per heavy atom. The molecule has 1 aromatic heterocycles. The fraction of sp³-hybridized carbons (Fsp3) is 0.643. The van der Waals surface area contributed by atoms with E-state index in [4.69, 9.17) is 4.74 Å². The van der Waals surface area contributed by atoms with Crippen LogP contribution in [0.2, 0.25) is 0 Å². The van der Waals surface area contributed by atoms with Crippen LogP contribution in [0.1, 0.15) is 38.6 Å². The molecule has 0 bridgehead atoms. The number of nitrogens with zero attached hydrogens (tertiary/aromatic N) is 1. The van der Waals surface area contributed by atoms with Crippen LogP contribution in [0.25, 0.3) is 0 Å². The summed E-state index contributed by atoms with van der Waals surface area (Å²) in [5.41, 5.74) is 2.04. The monoisotopic (exact) mass is 236 g/mol. The van der Waals surface area contributed by atoms with Crippen LogP contribution in [0.5, 0.6) is 5.75 Å². The van der Waals surface area contributed by atoms with Crippen LogP contribution < -0.4 is 10.1 Å². The average molecular weight is 236 g/mol. The number of aromatic nitrogens is 1. The predicted molar refractivity (Wildman–Crippen MR) is 71.3 cm³/mol. The molecule has 0 radical (unpaired) electrons. The van der Waals surface area contributed by atoms with Gasteiger partial charge in [-0.15, -0.1) is 0 Å². The first-order valence-corrected chi connectivity index (χ1v) is 6.31. The van der Waals surface area contributed by atoms with Gasteiger partial charge in [0.2, 0.25) is 0 Å². The minimum atomic E-state index is 0.545. The SMILES string of the molecule is CCC(NCc1cc(OC)cc(C)n1)C(C)C. The van der Waals surface area contributed by atoms with Gasteiger partial charge < -0.3 is 10.1 Å². The highest BCUT2D eigenvalue weighted by molar-refractivity contribution is 5.26. The second-order valence-electron chi connectivity index (χ2n) is 4.78. The van der Waals surface area contributed by atoms with Crippen LogP contribution in [0.15, 0.2) is 12.1 Å². The molecule has 0 spiro atoms. The third kappa shape index (κ3) is 4.35. The van der Waals surface area contributed by atoms with Crippen molar-refractivity contribution in [1.82, 2.24) is 10.3 Å². The molecule has 1 rings (SSSR count). The molecule has 1 atom stereocenters. The second-order valence-corrected chi connectivity index (χ2v) is 4.78.